The quantitative estimate of drug-likeness (QED) is 0.635. The molecule has 0 heterocycles. The zero-order valence-corrected chi connectivity index (χ0v) is 10.8. The molecule has 1 radical (unpaired) electrons. The monoisotopic (exact) mass is 247 g/mol. The van der Waals surface area contributed by atoms with Gasteiger partial charge in [-0.25, -0.2) is 4.79 Å². The van der Waals surface area contributed by atoms with Gasteiger partial charge in [0.1, 0.15) is 6.61 Å². The topological polar surface area (TPSA) is 55.6 Å². The average Bonchev–Trinajstić information content (AvgIpc) is 2.28. The lowest BCUT2D eigenvalue weighted by atomic mass is 10.2. The van der Waals surface area contributed by atoms with E-state index < -0.39 is 5.97 Å². The maximum absolute atomic E-state index is 11.2. The van der Waals surface area contributed by atoms with Crippen LogP contribution in [-0.4, -0.2) is 26.2 Å². The van der Waals surface area contributed by atoms with Gasteiger partial charge in [-0.3, -0.25) is 0 Å². The van der Waals surface area contributed by atoms with Crippen LogP contribution in [0.2, 0.25) is 0 Å². The first-order valence-electron chi connectivity index (χ1n) is 5.72. The first kappa shape index (κ1) is 14.1. The van der Waals surface area contributed by atoms with Gasteiger partial charge in [0.25, 0.3) is 0 Å². The van der Waals surface area contributed by atoms with Gasteiger partial charge in [0.15, 0.2) is 0 Å². The van der Waals surface area contributed by atoms with Crippen LogP contribution in [0.4, 0.5) is 5.69 Å². The van der Waals surface area contributed by atoms with Crippen LogP contribution in [0.3, 0.4) is 0 Å². The van der Waals surface area contributed by atoms with Crippen molar-refractivity contribution in [3.63, 3.8) is 0 Å². The molecule has 0 aliphatic rings. The fourth-order valence-electron chi connectivity index (χ4n) is 1.39. The van der Waals surface area contributed by atoms with Crippen LogP contribution in [0, 0.1) is 6.92 Å². The largest absolute Gasteiger partial charge is 0.461 e. The number of carbonyl (C=O) groups excluding carboxylic acids is 1. The van der Waals surface area contributed by atoms with Crippen LogP contribution < -0.4 is 10.6 Å². The summed E-state index contributed by atoms with van der Waals surface area (Å²) in [4.78, 5) is 13.2. The standard InChI is InChI=1S/C14H19N2O2/c1-11-4-6-13(7-5-11)16(3)8-9-18-14(17)10-12(2)15/h4-7,10H,1,8-9,15H2,2-3H3/b12-10-. The molecule has 0 aromatic heterocycles. The minimum Gasteiger partial charge on any atom is -0.461 e. The summed E-state index contributed by atoms with van der Waals surface area (Å²) < 4.78 is 5.02. The average molecular weight is 247 g/mol. The van der Waals surface area contributed by atoms with E-state index in [9.17, 15) is 4.79 Å². The van der Waals surface area contributed by atoms with Crippen molar-refractivity contribution in [2.24, 2.45) is 5.73 Å². The molecule has 0 spiro atoms. The molecule has 0 saturated carbocycles. The highest BCUT2D eigenvalue weighted by Crippen LogP contribution is 2.12. The van der Waals surface area contributed by atoms with E-state index in [1.54, 1.807) is 6.92 Å². The number of hydrogen-bond donors (Lipinski definition) is 1. The lowest BCUT2D eigenvalue weighted by Crippen LogP contribution is -2.23. The molecule has 18 heavy (non-hydrogen) atoms. The van der Waals surface area contributed by atoms with Gasteiger partial charge in [-0.15, -0.1) is 0 Å². The Morgan fingerprint density at radius 3 is 2.61 bits per heavy atom. The lowest BCUT2D eigenvalue weighted by molar-refractivity contribution is -0.137. The minimum atomic E-state index is -0.406. The summed E-state index contributed by atoms with van der Waals surface area (Å²) in [7, 11) is 1.94. The van der Waals surface area contributed by atoms with Gasteiger partial charge in [-0.2, -0.15) is 0 Å². The van der Waals surface area contributed by atoms with E-state index in [0.717, 1.165) is 11.3 Å². The molecule has 0 amide bonds. The fraction of sp³-hybridized carbons (Fsp3) is 0.286. The first-order valence-corrected chi connectivity index (χ1v) is 5.72. The number of ether oxygens (including phenoxy) is 1. The summed E-state index contributed by atoms with van der Waals surface area (Å²) in [5.74, 6) is -0.406. The molecule has 97 valence electrons. The first-order chi connectivity index (χ1) is 8.49. The van der Waals surface area contributed by atoms with Crippen molar-refractivity contribution < 1.29 is 9.53 Å². The Hall–Kier alpha value is -1.97. The fourth-order valence-corrected chi connectivity index (χ4v) is 1.39. The molecule has 0 fully saturated rings. The smallest absolute Gasteiger partial charge is 0.332 e. The molecule has 0 atom stereocenters. The van der Waals surface area contributed by atoms with Crippen molar-refractivity contribution >= 4 is 11.7 Å². The highest BCUT2D eigenvalue weighted by atomic mass is 16.5. The van der Waals surface area contributed by atoms with Gasteiger partial charge in [0.05, 0.1) is 6.54 Å². The molecule has 1 aromatic carbocycles. The number of nitrogens with two attached hydrogens (primary N) is 1. The van der Waals surface area contributed by atoms with E-state index in [4.69, 9.17) is 10.5 Å². The molecule has 0 bridgehead atoms. The number of esters is 1. The molecule has 0 unspecified atom stereocenters. The summed E-state index contributed by atoms with van der Waals surface area (Å²) in [6.07, 6.45) is 1.28. The van der Waals surface area contributed by atoms with Crippen LogP contribution in [0.15, 0.2) is 36.0 Å². The second-order valence-electron chi connectivity index (χ2n) is 4.14. The highest BCUT2D eigenvalue weighted by molar-refractivity contribution is 5.82. The maximum Gasteiger partial charge on any atom is 0.332 e. The predicted molar refractivity (Wildman–Crippen MR) is 73.1 cm³/mol. The molecule has 4 nitrogen and oxygen atoms in total. The minimum absolute atomic E-state index is 0.325. The Balaban J connectivity index is 2.38. The number of hydrogen-bond acceptors (Lipinski definition) is 4. The molecule has 0 saturated heterocycles. The van der Waals surface area contributed by atoms with E-state index in [2.05, 4.69) is 6.92 Å². The Morgan fingerprint density at radius 1 is 1.44 bits per heavy atom. The summed E-state index contributed by atoms with van der Waals surface area (Å²) in [5, 5.41) is 0. The maximum atomic E-state index is 11.2. The van der Waals surface area contributed by atoms with Gasteiger partial charge in [-0.05, 0) is 31.5 Å². The van der Waals surface area contributed by atoms with Gasteiger partial charge in [-0.1, -0.05) is 12.1 Å². The van der Waals surface area contributed by atoms with Crippen molar-refractivity contribution in [3.05, 3.63) is 48.5 Å². The van der Waals surface area contributed by atoms with Crippen molar-refractivity contribution in [2.75, 3.05) is 25.1 Å². The molecular weight excluding hydrogens is 228 g/mol. The molecule has 1 rings (SSSR count). The molecule has 2 N–H and O–H groups in total. The Morgan fingerprint density at radius 2 is 2.06 bits per heavy atom. The molecule has 4 heteroatoms. The molecule has 0 aliphatic heterocycles. The number of benzene rings is 1. The predicted octanol–water partition coefficient (Wildman–Crippen LogP) is 1.71. The third kappa shape index (κ3) is 4.91. The van der Waals surface area contributed by atoms with E-state index in [-0.39, 0.29) is 0 Å². The summed E-state index contributed by atoms with van der Waals surface area (Å²) in [6, 6.07) is 7.85. The number of nitrogens with zero attached hydrogens (tertiary/aromatic N) is 1. The van der Waals surface area contributed by atoms with Crippen LogP contribution in [0.1, 0.15) is 12.5 Å². The zero-order valence-electron chi connectivity index (χ0n) is 10.8. The molecule has 1 aromatic rings. The van der Waals surface area contributed by atoms with Crippen molar-refractivity contribution in [1.29, 1.82) is 0 Å². The highest BCUT2D eigenvalue weighted by Gasteiger charge is 2.02. The second kappa shape index (κ2) is 6.69. The van der Waals surface area contributed by atoms with Crippen LogP contribution >= 0.6 is 0 Å². The van der Waals surface area contributed by atoms with Gasteiger partial charge in [0, 0.05) is 24.5 Å². The van der Waals surface area contributed by atoms with E-state index in [1.165, 1.54) is 6.08 Å². The Kier molecular flexibility index (Phi) is 5.24. The normalized spacial score (nSPS) is 11.2. The number of allylic oxidation sites excluding steroid dienone is 1. The SMILES string of the molecule is [CH2]c1ccc(N(C)CCOC(=O)/C=C(/C)N)cc1. The summed E-state index contributed by atoms with van der Waals surface area (Å²) >= 11 is 0. The van der Waals surface area contributed by atoms with Gasteiger partial charge < -0.3 is 15.4 Å². The summed E-state index contributed by atoms with van der Waals surface area (Å²) in [5.41, 5.74) is 7.85. The third-order valence-electron chi connectivity index (χ3n) is 2.39. The number of carbonyl (C=O) groups is 1. The second-order valence-corrected chi connectivity index (χ2v) is 4.14. The lowest BCUT2D eigenvalue weighted by Gasteiger charge is -2.19. The summed E-state index contributed by atoms with van der Waals surface area (Å²) in [6.45, 7) is 6.42. The zero-order chi connectivity index (χ0) is 13.5. The molecular formula is C14H19N2O2. The van der Waals surface area contributed by atoms with Crippen molar-refractivity contribution in [1.82, 2.24) is 0 Å². The molecule has 0 aliphatic carbocycles. The number of rotatable bonds is 5. The van der Waals surface area contributed by atoms with E-state index >= 15 is 0 Å². The van der Waals surface area contributed by atoms with E-state index in [0.29, 0.717) is 18.8 Å². The number of anilines is 1. The van der Waals surface area contributed by atoms with Crippen LogP contribution in [0.5, 0.6) is 0 Å². The van der Waals surface area contributed by atoms with Crippen LogP contribution in [-0.2, 0) is 9.53 Å². The van der Waals surface area contributed by atoms with Crippen molar-refractivity contribution in [2.45, 2.75) is 6.92 Å². The van der Waals surface area contributed by atoms with Crippen LogP contribution in [0.25, 0.3) is 0 Å². The van der Waals surface area contributed by atoms with Gasteiger partial charge >= 0.3 is 5.97 Å². The van der Waals surface area contributed by atoms with Gasteiger partial charge in [0.2, 0.25) is 0 Å². The Labute approximate surface area is 108 Å². The van der Waals surface area contributed by atoms with E-state index in [1.807, 2.05) is 36.2 Å². The number of likely N-dealkylation sites (N-methyl/N-ethyl adjacent to an activating group) is 1. The Bertz CT molecular complexity index is 420. The third-order valence-corrected chi connectivity index (χ3v) is 2.39. The van der Waals surface area contributed by atoms with Crippen molar-refractivity contribution in [3.8, 4) is 0 Å².